The largest absolute Gasteiger partial charge is 0.314 e. The molecule has 1 saturated heterocycles. The first-order valence-electron chi connectivity index (χ1n) is 6.25. The van der Waals surface area contributed by atoms with Crippen molar-refractivity contribution in [3.8, 4) is 0 Å². The molecule has 1 aliphatic rings. The zero-order valence-corrected chi connectivity index (χ0v) is 10.1. The van der Waals surface area contributed by atoms with Gasteiger partial charge in [0, 0.05) is 12.1 Å². The molecule has 1 N–H and O–H groups in total. The van der Waals surface area contributed by atoms with Gasteiger partial charge in [-0.15, -0.1) is 0 Å². The van der Waals surface area contributed by atoms with Crippen molar-refractivity contribution in [1.29, 1.82) is 0 Å². The molecular formula is C12H26N2. The maximum Gasteiger partial charge on any atom is 0.0107 e. The molecule has 0 aromatic rings. The molecule has 0 aliphatic carbocycles. The van der Waals surface area contributed by atoms with Crippen molar-refractivity contribution in [2.24, 2.45) is 0 Å². The van der Waals surface area contributed by atoms with Crippen molar-refractivity contribution in [1.82, 2.24) is 10.2 Å². The fourth-order valence-electron chi connectivity index (χ4n) is 2.51. The standard InChI is InChI=1S/C12H26N2/c1-4-14(5-2)12-8-6-7-11(3)13-10-9-12/h11-13H,4-10H2,1-3H3. The molecule has 1 aliphatic heterocycles. The first-order valence-corrected chi connectivity index (χ1v) is 6.25. The van der Waals surface area contributed by atoms with Gasteiger partial charge >= 0.3 is 0 Å². The molecule has 0 amide bonds. The van der Waals surface area contributed by atoms with E-state index in [-0.39, 0.29) is 0 Å². The molecule has 0 aromatic carbocycles. The third kappa shape index (κ3) is 3.58. The van der Waals surface area contributed by atoms with Crippen LogP contribution in [-0.2, 0) is 0 Å². The zero-order valence-electron chi connectivity index (χ0n) is 10.1. The van der Waals surface area contributed by atoms with Crippen LogP contribution in [0.5, 0.6) is 0 Å². The van der Waals surface area contributed by atoms with Gasteiger partial charge in [0.1, 0.15) is 0 Å². The van der Waals surface area contributed by atoms with Gasteiger partial charge in [0.2, 0.25) is 0 Å². The van der Waals surface area contributed by atoms with Crippen molar-refractivity contribution < 1.29 is 0 Å². The predicted octanol–water partition coefficient (Wildman–Crippen LogP) is 2.25. The Morgan fingerprint density at radius 2 is 1.86 bits per heavy atom. The Labute approximate surface area is 89.1 Å². The van der Waals surface area contributed by atoms with Crippen molar-refractivity contribution in [3.63, 3.8) is 0 Å². The van der Waals surface area contributed by atoms with Gasteiger partial charge in [-0.3, -0.25) is 0 Å². The van der Waals surface area contributed by atoms with Gasteiger partial charge in [0.15, 0.2) is 0 Å². The maximum atomic E-state index is 3.59. The lowest BCUT2D eigenvalue weighted by molar-refractivity contribution is 0.181. The third-order valence-electron chi connectivity index (χ3n) is 3.47. The Hall–Kier alpha value is -0.0800. The summed E-state index contributed by atoms with van der Waals surface area (Å²) < 4.78 is 0. The highest BCUT2D eigenvalue weighted by Gasteiger charge is 2.17. The first kappa shape index (κ1) is 12.0. The summed E-state index contributed by atoms with van der Waals surface area (Å²) in [7, 11) is 0. The normalized spacial score (nSPS) is 30.0. The highest BCUT2D eigenvalue weighted by molar-refractivity contribution is 4.76. The van der Waals surface area contributed by atoms with Crippen molar-refractivity contribution in [3.05, 3.63) is 0 Å². The zero-order chi connectivity index (χ0) is 10.4. The fourth-order valence-corrected chi connectivity index (χ4v) is 2.51. The molecule has 14 heavy (non-hydrogen) atoms. The van der Waals surface area contributed by atoms with Crippen LogP contribution in [0.1, 0.15) is 46.5 Å². The minimum Gasteiger partial charge on any atom is -0.314 e. The summed E-state index contributed by atoms with van der Waals surface area (Å²) in [6, 6.07) is 1.55. The smallest absolute Gasteiger partial charge is 0.0107 e. The molecule has 1 rings (SSSR count). The summed E-state index contributed by atoms with van der Waals surface area (Å²) in [5.41, 5.74) is 0. The third-order valence-corrected chi connectivity index (χ3v) is 3.47. The summed E-state index contributed by atoms with van der Waals surface area (Å²) >= 11 is 0. The van der Waals surface area contributed by atoms with Gasteiger partial charge in [-0.1, -0.05) is 20.3 Å². The monoisotopic (exact) mass is 198 g/mol. The molecule has 1 fully saturated rings. The van der Waals surface area contributed by atoms with Crippen LogP contribution in [0.25, 0.3) is 0 Å². The summed E-state index contributed by atoms with van der Waals surface area (Å²) in [4.78, 5) is 2.61. The molecule has 84 valence electrons. The molecule has 0 radical (unpaired) electrons. The van der Waals surface area contributed by atoms with E-state index in [4.69, 9.17) is 0 Å². The van der Waals surface area contributed by atoms with Gasteiger partial charge in [0.25, 0.3) is 0 Å². The Bertz CT molecular complexity index is 133. The molecule has 2 unspecified atom stereocenters. The number of hydrogen-bond donors (Lipinski definition) is 1. The van der Waals surface area contributed by atoms with Crippen LogP contribution in [0.15, 0.2) is 0 Å². The number of hydrogen-bond acceptors (Lipinski definition) is 2. The first-order chi connectivity index (χ1) is 6.77. The topological polar surface area (TPSA) is 15.3 Å². The molecule has 0 saturated carbocycles. The lowest BCUT2D eigenvalue weighted by Crippen LogP contribution is -2.40. The lowest BCUT2D eigenvalue weighted by atomic mass is 9.99. The minimum atomic E-state index is 0.729. The quantitative estimate of drug-likeness (QED) is 0.748. The average molecular weight is 198 g/mol. The summed E-state index contributed by atoms with van der Waals surface area (Å²) in [5, 5.41) is 3.59. The van der Waals surface area contributed by atoms with Crippen LogP contribution in [0.3, 0.4) is 0 Å². The second-order valence-electron chi connectivity index (χ2n) is 4.45. The molecule has 0 bridgehead atoms. The Morgan fingerprint density at radius 1 is 1.14 bits per heavy atom. The lowest BCUT2D eigenvalue weighted by Gasteiger charge is -2.32. The second-order valence-corrected chi connectivity index (χ2v) is 4.45. The van der Waals surface area contributed by atoms with Gasteiger partial charge in [0.05, 0.1) is 0 Å². The summed E-state index contributed by atoms with van der Waals surface area (Å²) in [6.07, 6.45) is 5.45. The van der Waals surface area contributed by atoms with Crippen LogP contribution in [0, 0.1) is 0 Å². The second kappa shape index (κ2) is 6.41. The molecule has 2 atom stereocenters. The minimum absolute atomic E-state index is 0.729. The van der Waals surface area contributed by atoms with E-state index in [1.807, 2.05) is 0 Å². The maximum absolute atomic E-state index is 3.59. The van der Waals surface area contributed by atoms with Crippen LogP contribution < -0.4 is 5.32 Å². The van der Waals surface area contributed by atoms with Crippen LogP contribution in [-0.4, -0.2) is 36.6 Å². The van der Waals surface area contributed by atoms with Crippen LogP contribution in [0.2, 0.25) is 0 Å². The molecule has 2 nitrogen and oxygen atoms in total. The van der Waals surface area contributed by atoms with E-state index in [1.54, 1.807) is 0 Å². The molecule has 0 spiro atoms. The van der Waals surface area contributed by atoms with E-state index in [0.29, 0.717) is 0 Å². The Kier molecular flexibility index (Phi) is 5.49. The van der Waals surface area contributed by atoms with Crippen LogP contribution in [0.4, 0.5) is 0 Å². The molecule has 0 aromatic heterocycles. The fraction of sp³-hybridized carbons (Fsp3) is 1.00. The predicted molar refractivity (Wildman–Crippen MR) is 62.6 cm³/mol. The molecular weight excluding hydrogens is 172 g/mol. The number of nitrogens with zero attached hydrogens (tertiary/aromatic N) is 1. The van der Waals surface area contributed by atoms with E-state index < -0.39 is 0 Å². The van der Waals surface area contributed by atoms with E-state index in [9.17, 15) is 0 Å². The molecule has 1 heterocycles. The van der Waals surface area contributed by atoms with Gasteiger partial charge in [-0.2, -0.15) is 0 Å². The van der Waals surface area contributed by atoms with Crippen molar-refractivity contribution >= 4 is 0 Å². The summed E-state index contributed by atoms with van der Waals surface area (Å²) in [5.74, 6) is 0. The van der Waals surface area contributed by atoms with Crippen molar-refractivity contribution in [2.75, 3.05) is 19.6 Å². The van der Waals surface area contributed by atoms with Gasteiger partial charge in [-0.25, -0.2) is 0 Å². The van der Waals surface area contributed by atoms with Gasteiger partial charge < -0.3 is 10.2 Å². The highest BCUT2D eigenvalue weighted by atomic mass is 15.1. The Morgan fingerprint density at radius 3 is 2.50 bits per heavy atom. The molecule has 2 heteroatoms. The number of nitrogens with one attached hydrogen (secondary N) is 1. The van der Waals surface area contributed by atoms with E-state index in [0.717, 1.165) is 12.1 Å². The highest BCUT2D eigenvalue weighted by Crippen LogP contribution is 2.15. The van der Waals surface area contributed by atoms with E-state index >= 15 is 0 Å². The van der Waals surface area contributed by atoms with E-state index in [2.05, 4.69) is 31.0 Å². The number of rotatable bonds is 3. The van der Waals surface area contributed by atoms with Crippen LogP contribution >= 0.6 is 0 Å². The SMILES string of the molecule is CCN(CC)C1CCCC(C)NCC1. The van der Waals surface area contributed by atoms with Gasteiger partial charge in [-0.05, 0) is 45.8 Å². The summed E-state index contributed by atoms with van der Waals surface area (Å²) in [6.45, 7) is 10.5. The Balaban J connectivity index is 2.37. The van der Waals surface area contributed by atoms with E-state index in [1.165, 1.54) is 45.3 Å². The average Bonchev–Trinajstić information content (AvgIpc) is 2.15. The van der Waals surface area contributed by atoms with Crippen molar-refractivity contribution in [2.45, 2.75) is 58.5 Å².